The van der Waals surface area contributed by atoms with Crippen LogP contribution in [-0.2, 0) is 23.8 Å². The number of rotatable bonds is 5. The Morgan fingerprint density at radius 1 is 0.970 bits per heavy atom. The average Bonchev–Trinajstić information content (AvgIpc) is 2.86. The van der Waals surface area contributed by atoms with E-state index in [0.29, 0.717) is 35.3 Å². The zero-order valence-corrected chi connectivity index (χ0v) is 18.6. The van der Waals surface area contributed by atoms with Crippen LogP contribution in [0, 0.1) is 0 Å². The summed E-state index contributed by atoms with van der Waals surface area (Å²) in [6.45, 7) is 0.359. The van der Waals surface area contributed by atoms with Crippen molar-refractivity contribution in [1.29, 1.82) is 0 Å². The number of benzene rings is 2. The second kappa shape index (κ2) is 9.51. The number of halogens is 1. The third-order valence-electron chi connectivity index (χ3n) is 5.12. The third kappa shape index (κ3) is 4.37. The van der Waals surface area contributed by atoms with Crippen LogP contribution in [0.1, 0.15) is 15.9 Å². The molecule has 2 heterocycles. The fourth-order valence-electron chi connectivity index (χ4n) is 3.60. The lowest BCUT2D eigenvalue weighted by Crippen LogP contribution is -2.39. The van der Waals surface area contributed by atoms with E-state index in [4.69, 9.17) is 35.3 Å². The summed E-state index contributed by atoms with van der Waals surface area (Å²) in [6, 6.07) is 9.58. The van der Waals surface area contributed by atoms with Crippen LogP contribution in [0.25, 0.3) is 0 Å². The van der Waals surface area contributed by atoms with E-state index in [1.165, 1.54) is 31.3 Å². The lowest BCUT2D eigenvalue weighted by Gasteiger charge is -2.33. The van der Waals surface area contributed by atoms with E-state index in [-0.39, 0.29) is 41.6 Å². The minimum absolute atomic E-state index is 0.0355. The first-order chi connectivity index (χ1) is 15.9. The van der Waals surface area contributed by atoms with Gasteiger partial charge in [-0.2, -0.15) is 0 Å². The molecular formula is C23H20ClNO8. The molecule has 2 aliphatic rings. The molecule has 2 aromatic rings. The van der Waals surface area contributed by atoms with Crippen molar-refractivity contribution in [2.24, 2.45) is 0 Å². The smallest absolute Gasteiger partial charge is 0.355 e. The molecular weight excluding hydrogens is 454 g/mol. The molecule has 2 aromatic carbocycles. The molecule has 0 unspecified atom stereocenters. The van der Waals surface area contributed by atoms with E-state index in [2.05, 4.69) is 0 Å². The topological polar surface area (TPSA) is 101 Å². The van der Waals surface area contributed by atoms with Gasteiger partial charge in [-0.15, -0.1) is 0 Å². The molecule has 0 spiro atoms. The number of hydrogen-bond donors (Lipinski definition) is 0. The van der Waals surface area contributed by atoms with Crippen molar-refractivity contribution in [2.45, 2.75) is 0 Å². The minimum Gasteiger partial charge on any atom is -0.486 e. The van der Waals surface area contributed by atoms with Crippen molar-refractivity contribution >= 4 is 35.0 Å². The van der Waals surface area contributed by atoms with Crippen LogP contribution in [-0.4, -0.2) is 58.5 Å². The maximum absolute atomic E-state index is 13.5. The molecule has 0 aromatic heterocycles. The molecule has 9 nitrogen and oxygen atoms in total. The zero-order valence-electron chi connectivity index (χ0n) is 17.9. The van der Waals surface area contributed by atoms with Crippen molar-refractivity contribution < 1.29 is 38.1 Å². The van der Waals surface area contributed by atoms with Crippen LogP contribution in [0.15, 0.2) is 47.7 Å². The SMILES string of the molecule is COC(=O)C1=C(C(=O)OC)N(c2cc3c(cc2C(=O)c2cccc(Cl)c2)OCCO3)COC1. The summed E-state index contributed by atoms with van der Waals surface area (Å²) >= 11 is 6.09. The van der Waals surface area contributed by atoms with E-state index in [1.54, 1.807) is 24.3 Å². The number of carbonyl (C=O) groups is 3. The van der Waals surface area contributed by atoms with Gasteiger partial charge in [0.1, 0.15) is 25.6 Å². The van der Waals surface area contributed by atoms with Crippen LogP contribution >= 0.6 is 11.6 Å². The molecule has 10 heteroatoms. The summed E-state index contributed by atoms with van der Waals surface area (Å²) in [5.74, 6) is -1.15. The zero-order chi connectivity index (χ0) is 23.5. The summed E-state index contributed by atoms with van der Waals surface area (Å²) in [7, 11) is 2.39. The van der Waals surface area contributed by atoms with E-state index in [9.17, 15) is 14.4 Å². The van der Waals surface area contributed by atoms with E-state index in [1.807, 2.05) is 0 Å². The van der Waals surface area contributed by atoms with Gasteiger partial charge in [-0.25, -0.2) is 9.59 Å². The van der Waals surface area contributed by atoms with Gasteiger partial charge in [0.15, 0.2) is 17.3 Å². The highest BCUT2D eigenvalue weighted by Gasteiger charge is 2.35. The van der Waals surface area contributed by atoms with Crippen molar-refractivity contribution in [2.75, 3.05) is 45.7 Å². The Hall–Kier alpha value is -3.56. The first-order valence-corrected chi connectivity index (χ1v) is 10.3. The van der Waals surface area contributed by atoms with Crippen LogP contribution < -0.4 is 14.4 Å². The predicted octanol–water partition coefficient (Wildman–Crippen LogP) is 2.74. The van der Waals surface area contributed by atoms with Crippen LogP contribution in [0.4, 0.5) is 5.69 Å². The second-order valence-electron chi connectivity index (χ2n) is 7.07. The predicted molar refractivity (Wildman–Crippen MR) is 117 cm³/mol. The maximum atomic E-state index is 13.5. The van der Waals surface area contributed by atoms with Crippen molar-refractivity contribution in [3.05, 3.63) is 63.8 Å². The molecule has 33 heavy (non-hydrogen) atoms. The van der Waals surface area contributed by atoms with Crippen LogP contribution in [0.3, 0.4) is 0 Å². The summed E-state index contributed by atoms with van der Waals surface area (Å²) in [6.07, 6.45) is 0. The molecule has 0 aliphatic carbocycles. The minimum atomic E-state index is -0.783. The Morgan fingerprint density at radius 2 is 1.67 bits per heavy atom. The normalized spacial score (nSPS) is 15.2. The molecule has 0 N–H and O–H groups in total. The largest absolute Gasteiger partial charge is 0.486 e. The van der Waals surface area contributed by atoms with Crippen LogP contribution in [0.2, 0.25) is 5.02 Å². The number of carbonyl (C=O) groups excluding carboxylic acids is 3. The molecule has 0 saturated heterocycles. The first-order valence-electron chi connectivity index (χ1n) is 9.93. The summed E-state index contributed by atoms with van der Waals surface area (Å²) < 4.78 is 26.6. The first kappa shape index (κ1) is 22.6. The number of anilines is 1. The van der Waals surface area contributed by atoms with Gasteiger partial charge in [-0.05, 0) is 18.2 Å². The Kier molecular flexibility index (Phi) is 6.52. The summed E-state index contributed by atoms with van der Waals surface area (Å²) in [5.41, 5.74) is 0.664. The molecule has 0 amide bonds. The maximum Gasteiger partial charge on any atom is 0.355 e. The highest BCUT2D eigenvalue weighted by molar-refractivity contribution is 6.31. The molecule has 172 valence electrons. The van der Waals surface area contributed by atoms with Gasteiger partial charge in [0.2, 0.25) is 0 Å². The molecule has 2 aliphatic heterocycles. The van der Waals surface area contributed by atoms with Gasteiger partial charge < -0.3 is 28.6 Å². The molecule has 0 radical (unpaired) electrons. The van der Waals surface area contributed by atoms with Gasteiger partial charge in [-0.1, -0.05) is 23.7 Å². The average molecular weight is 474 g/mol. The van der Waals surface area contributed by atoms with Gasteiger partial charge in [-0.3, -0.25) is 4.79 Å². The Labute approximate surface area is 194 Å². The Balaban J connectivity index is 1.92. The van der Waals surface area contributed by atoms with Crippen molar-refractivity contribution in [3.8, 4) is 11.5 Å². The number of nitrogens with zero attached hydrogens (tertiary/aromatic N) is 1. The lowest BCUT2D eigenvalue weighted by atomic mass is 9.99. The quantitative estimate of drug-likeness (QED) is 0.479. The van der Waals surface area contributed by atoms with Gasteiger partial charge in [0.25, 0.3) is 0 Å². The number of methoxy groups -OCH3 is 2. The number of hydrogen-bond acceptors (Lipinski definition) is 9. The van der Waals surface area contributed by atoms with E-state index >= 15 is 0 Å². The van der Waals surface area contributed by atoms with Crippen LogP contribution in [0.5, 0.6) is 11.5 Å². The standard InChI is InChI=1S/C23H20ClNO8/c1-29-22(27)16-11-31-12-25(20(16)23(28)30-2)17-10-19-18(32-6-7-33-19)9-15(17)21(26)13-4-3-5-14(24)8-13/h3-5,8-10H,6-7,11-12H2,1-2H3. The van der Waals surface area contributed by atoms with Gasteiger partial charge in [0.05, 0.1) is 37.7 Å². The summed E-state index contributed by atoms with van der Waals surface area (Å²) in [5, 5.41) is 0.393. The lowest BCUT2D eigenvalue weighted by molar-refractivity contribution is -0.140. The fourth-order valence-corrected chi connectivity index (χ4v) is 3.79. The van der Waals surface area contributed by atoms with E-state index in [0.717, 1.165) is 0 Å². The number of fused-ring (bicyclic) bond motifs is 1. The van der Waals surface area contributed by atoms with E-state index < -0.39 is 11.9 Å². The number of esters is 2. The third-order valence-corrected chi connectivity index (χ3v) is 5.35. The van der Waals surface area contributed by atoms with Crippen molar-refractivity contribution in [1.82, 2.24) is 0 Å². The molecule has 0 bridgehead atoms. The molecule has 4 rings (SSSR count). The second-order valence-corrected chi connectivity index (χ2v) is 7.50. The summed E-state index contributed by atoms with van der Waals surface area (Å²) in [4.78, 5) is 40.0. The molecule has 0 saturated carbocycles. The van der Waals surface area contributed by atoms with Gasteiger partial charge in [0, 0.05) is 16.7 Å². The molecule has 0 fully saturated rings. The monoisotopic (exact) mass is 473 g/mol. The number of ether oxygens (including phenoxy) is 5. The van der Waals surface area contributed by atoms with Crippen molar-refractivity contribution in [3.63, 3.8) is 0 Å². The Bertz CT molecular complexity index is 1160. The van der Waals surface area contributed by atoms with Gasteiger partial charge >= 0.3 is 11.9 Å². The fraction of sp³-hybridized carbons (Fsp3) is 0.261. The highest BCUT2D eigenvalue weighted by atomic mass is 35.5. The highest BCUT2D eigenvalue weighted by Crippen LogP contribution is 2.40. The molecule has 0 atom stereocenters. The number of ketones is 1. The Morgan fingerprint density at radius 3 is 2.33 bits per heavy atom.